The van der Waals surface area contributed by atoms with E-state index in [1.165, 1.54) is 0 Å². The third-order valence-electron chi connectivity index (χ3n) is 5.19. The maximum Gasteiger partial charge on any atom is 0.325 e. The van der Waals surface area contributed by atoms with Gasteiger partial charge in [0.25, 0.3) is 5.91 Å². The standard InChI is InChI=1S/C19H26N4O3/c1-19(14-9-10-14)17(25)23(18(26)21-19)13-16(24)20-11-6-12-22(2)15-7-4-3-5-8-15/h3-5,7-8,14H,6,9-13H2,1-2H3,(H,20,24)(H,21,26). The van der Waals surface area contributed by atoms with Gasteiger partial charge in [-0.3, -0.25) is 14.5 Å². The molecule has 1 aliphatic carbocycles. The van der Waals surface area contributed by atoms with Gasteiger partial charge in [0.15, 0.2) is 0 Å². The van der Waals surface area contributed by atoms with Crippen molar-refractivity contribution in [1.82, 2.24) is 15.5 Å². The van der Waals surface area contributed by atoms with Gasteiger partial charge in [-0.1, -0.05) is 18.2 Å². The van der Waals surface area contributed by atoms with Crippen molar-refractivity contribution in [2.45, 2.75) is 31.7 Å². The van der Waals surface area contributed by atoms with Gasteiger partial charge in [-0.2, -0.15) is 0 Å². The molecule has 1 aliphatic heterocycles. The van der Waals surface area contributed by atoms with Crippen LogP contribution in [0.4, 0.5) is 10.5 Å². The molecule has 0 aromatic heterocycles. The van der Waals surface area contributed by atoms with Crippen LogP contribution in [0.2, 0.25) is 0 Å². The molecule has 3 rings (SSSR count). The summed E-state index contributed by atoms with van der Waals surface area (Å²) in [4.78, 5) is 39.8. The minimum Gasteiger partial charge on any atom is -0.375 e. The second kappa shape index (κ2) is 7.35. The SMILES string of the molecule is CN(CCCNC(=O)CN1C(=O)NC(C)(C2CC2)C1=O)c1ccccc1. The predicted molar refractivity (Wildman–Crippen MR) is 98.7 cm³/mol. The number of carbonyl (C=O) groups excluding carboxylic acids is 3. The van der Waals surface area contributed by atoms with Gasteiger partial charge >= 0.3 is 6.03 Å². The van der Waals surface area contributed by atoms with E-state index in [-0.39, 0.29) is 24.3 Å². The zero-order valence-electron chi connectivity index (χ0n) is 15.3. The lowest BCUT2D eigenvalue weighted by Crippen LogP contribution is -2.47. The molecule has 2 aliphatic rings. The Bertz CT molecular complexity index is 689. The summed E-state index contributed by atoms with van der Waals surface area (Å²) in [6, 6.07) is 9.55. The Balaban J connectivity index is 1.40. The van der Waals surface area contributed by atoms with Crippen LogP contribution in [0.1, 0.15) is 26.2 Å². The van der Waals surface area contributed by atoms with Crippen LogP contribution in [0.3, 0.4) is 0 Å². The molecule has 140 valence electrons. The molecule has 1 saturated carbocycles. The number of nitrogens with zero attached hydrogens (tertiary/aromatic N) is 2. The van der Waals surface area contributed by atoms with Crippen LogP contribution in [-0.2, 0) is 9.59 Å². The number of imide groups is 1. The van der Waals surface area contributed by atoms with Crippen LogP contribution >= 0.6 is 0 Å². The Morgan fingerprint density at radius 2 is 2.00 bits per heavy atom. The van der Waals surface area contributed by atoms with Gasteiger partial charge in [0.05, 0.1) is 0 Å². The van der Waals surface area contributed by atoms with Crippen molar-refractivity contribution in [3.05, 3.63) is 30.3 Å². The van der Waals surface area contributed by atoms with E-state index in [2.05, 4.69) is 15.5 Å². The molecule has 1 saturated heterocycles. The normalized spacial score (nSPS) is 22.3. The quantitative estimate of drug-likeness (QED) is 0.543. The van der Waals surface area contributed by atoms with Gasteiger partial charge in [-0.05, 0) is 44.2 Å². The van der Waals surface area contributed by atoms with E-state index >= 15 is 0 Å². The number of para-hydroxylation sites is 1. The third-order valence-corrected chi connectivity index (χ3v) is 5.19. The van der Waals surface area contributed by atoms with E-state index in [0.717, 1.165) is 36.4 Å². The van der Waals surface area contributed by atoms with E-state index in [1.807, 2.05) is 37.4 Å². The number of hydrogen-bond acceptors (Lipinski definition) is 4. The molecule has 2 fully saturated rings. The molecule has 1 heterocycles. The summed E-state index contributed by atoms with van der Waals surface area (Å²) in [6.07, 6.45) is 2.66. The molecule has 1 unspecified atom stereocenters. The van der Waals surface area contributed by atoms with Gasteiger partial charge < -0.3 is 15.5 Å². The maximum absolute atomic E-state index is 12.5. The van der Waals surface area contributed by atoms with E-state index < -0.39 is 11.6 Å². The van der Waals surface area contributed by atoms with Crippen LogP contribution in [-0.4, -0.2) is 55.0 Å². The number of rotatable bonds is 8. The molecule has 1 aromatic carbocycles. The molecule has 0 radical (unpaired) electrons. The van der Waals surface area contributed by atoms with Crippen LogP contribution in [0, 0.1) is 5.92 Å². The summed E-state index contributed by atoms with van der Waals surface area (Å²) in [7, 11) is 2.00. The summed E-state index contributed by atoms with van der Waals surface area (Å²) in [5.41, 5.74) is 0.285. The van der Waals surface area contributed by atoms with Crippen molar-refractivity contribution < 1.29 is 14.4 Å². The number of hydrogen-bond donors (Lipinski definition) is 2. The summed E-state index contributed by atoms with van der Waals surface area (Å²) >= 11 is 0. The van der Waals surface area contributed by atoms with E-state index in [4.69, 9.17) is 0 Å². The summed E-state index contributed by atoms with van der Waals surface area (Å²) in [5.74, 6) is -0.402. The van der Waals surface area contributed by atoms with Crippen molar-refractivity contribution in [2.75, 3.05) is 31.6 Å². The van der Waals surface area contributed by atoms with Crippen molar-refractivity contribution >= 4 is 23.5 Å². The molecule has 2 N–H and O–H groups in total. The smallest absolute Gasteiger partial charge is 0.325 e. The number of nitrogens with one attached hydrogen (secondary N) is 2. The molecular weight excluding hydrogens is 332 g/mol. The first-order valence-electron chi connectivity index (χ1n) is 9.09. The molecule has 1 atom stereocenters. The second-order valence-electron chi connectivity index (χ2n) is 7.26. The first-order valence-corrected chi connectivity index (χ1v) is 9.09. The Hall–Kier alpha value is -2.57. The second-order valence-corrected chi connectivity index (χ2v) is 7.26. The number of amides is 4. The fourth-order valence-electron chi connectivity index (χ4n) is 3.35. The number of benzene rings is 1. The Labute approximate surface area is 153 Å². The van der Waals surface area contributed by atoms with Crippen molar-refractivity contribution in [3.63, 3.8) is 0 Å². The molecule has 7 nitrogen and oxygen atoms in total. The minimum atomic E-state index is -0.838. The van der Waals surface area contributed by atoms with Crippen LogP contribution in [0.15, 0.2) is 30.3 Å². The molecule has 0 bridgehead atoms. The summed E-state index contributed by atoms with van der Waals surface area (Å²) in [5, 5.41) is 5.54. The average Bonchev–Trinajstić information content (AvgIpc) is 3.45. The van der Waals surface area contributed by atoms with Crippen molar-refractivity contribution in [3.8, 4) is 0 Å². The molecule has 26 heavy (non-hydrogen) atoms. The van der Waals surface area contributed by atoms with Gasteiger partial charge in [0.2, 0.25) is 5.91 Å². The largest absolute Gasteiger partial charge is 0.375 e. The fourth-order valence-corrected chi connectivity index (χ4v) is 3.35. The maximum atomic E-state index is 12.5. The van der Waals surface area contributed by atoms with Crippen LogP contribution in [0.5, 0.6) is 0 Å². The van der Waals surface area contributed by atoms with E-state index in [1.54, 1.807) is 6.92 Å². The molecular formula is C19H26N4O3. The molecule has 0 spiro atoms. The Morgan fingerprint density at radius 3 is 2.65 bits per heavy atom. The fraction of sp³-hybridized carbons (Fsp3) is 0.526. The monoisotopic (exact) mass is 358 g/mol. The van der Waals surface area contributed by atoms with Gasteiger partial charge in [0, 0.05) is 25.8 Å². The Kier molecular flexibility index (Phi) is 5.15. The lowest BCUT2D eigenvalue weighted by molar-refractivity contribution is -0.135. The van der Waals surface area contributed by atoms with E-state index in [9.17, 15) is 14.4 Å². The van der Waals surface area contributed by atoms with Crippen LogP contribution < -0.4 is 15.5 Å². The summed E-state index contributed by atoms with van der Waals surface area (Å²) in [6.45, 7) is 2.83. The molecule has 4 amide bonds. The number of carbonyl (C=O) groups is 3. The third kappa shape index (κ3) is 3.81. The zero-order chi connectivity index (χ0) is 18.7. The van der Waals surface area contributed by atoms with Gasteiger partial charge in [0.1, 0.15) is 12.1 Å². The molecule has 7 heteroatoms. The lowest BCUT2D eigenvalue weighted by Gasteiger charge is -2.21. The first kappa shape index (κ1) is 18.2. The van der Waals surface area contributed by atoms with Crippen molar-refractivity contribution in [1.29, 1.82) is 0 Å². The predicted octanol–water partition coefficient (Wildman–Crippen LogP) is 1.35. The summed E-state index contributed by atoms with van der Waals surface area (Å²) < 4.78 is 0. The first-order chi connectivity index (χ1) is 12.4. The highest BCUT2D eigenvalue weighted by molar-refractivity contribution is 6.09. The number of urea groups is 1. The Morgan fingerprint density at radius 1 is 1.31 bits per heavy atom. The van der Waals surface area contributed by atoms with Crippen LogP contribution in [0.25, 0.3) is 0 Å². The minimum absolute atomic E-state index is 0.195. The zero-order valence-corrected chi connectivity index (χ0v) is 15.3. The van der Waals surface area contributed by atoms with Gasteiger partial charge in [-0.15, -0.1) is 0 Å². The van der Waals surface area contributed by atoms with Crippen molar-refractivity contribution in [2.24, 2.45) is 5.92 Å². The highest BCUT2D eigenvalue weighted by atomic mass is 16.2. The average molecular weight is 358 g/mol. The number of anilines is 1. The topological polar surface area (TPSA) is 81.8 Å². The lowest BCUT2D eigenvalue weighted by atomic mass is 9.96. The highest BCUT2D eigenvalue weighted by Crippen LogP contribution is 2.42. The molecule has 1 aromatic rings. The van der Waals surface area contributed by atoms with Gasteiger partial charge in [-0.25, -0.2) is 4.79 Å². The van der Waals surface area contributed by atoms with E-state index in [0.29, 0.717) is 6.54 Å². The highest BCUT2D eigenvalue weighted by Gasteiger charge is 2.56.